The maximum absolute atomic E-state index is 14.7. The van der Waals surface area contributed by atoms with Crippen LogP contribution in [0.4, 0.5) is 8.78 Å². The normalized spacial score (nSPS) is 18.1. The van der Waals surface area contributed by atoms with E-state index in [-0.39, 0.29) is 29.2 Å². The molecule has 1 fully saturated rings. The van der Waals surface area contributed by atoms with Gasteiger partial charge in [-0.15, -0.1) is 11.3 Å². The van der Waals surface area contributed by atoms with E-state index < -0.39 is 17.7 Å². The van der Waals surface area contributed by atoms with Crippen LogP contribution in [0.3, 0.4) is 0 Å². The predicted molar refractivity (Wildman–Crippen MR) is 125 cm³/mol. The molecular formula is C23H23F2N7O2S. The Hall–Kier alpha value is -3.51. The van der Waals surface area contributed by atoms with E-state index in [2.05, 4.69) is 20.2 Å². The number of thiazole rings is 1. The number of pyridine rings is 1. The van der Waals surface area contributed by atoms with Gasteiger partial charge in [0.1, 0.15) is 27.8 Å². The Morgan fingerprint density at radius 1 is 1.17 bits per heavy atom. The SMILES string of the molecule is CCOC1CCC(n2cc(-n3cc(-c4nc(C(N)=O)cs4)cn3)c(-c3nc(F)ccc3F)n2)CC1. The molecule has 5 rings (SSSR count). The molecule has 35 heavy (non-hydrogen) atoms. The first-order valence-corrected chi connectivity index (χ1v) is 12.1. The molecule has 0 saturated heterocycles. The second-order valence-corrected chi connectivity index (χ2v) is 9.13. The van der Waals surface area contributed by atoms with Crippen molar-refractivity contribution < 1.29 is 18.3 Å². The van der Waals surface area contributed by atoms with Crippen molar-refractivity contribution in [1.29, 1.82) is 0 Å². The summed E-state index contributed by atoms with van der Waals surface area (Å²) in [5.41, 5.74) is 6.56. The summed E-state index contributed by atoms with van der Waals surface area (Å²) >= 11 is 1.26. The van der Waals surface area contributed by atoms with Crippen molar-refractivity contribution in [1.82, 2.24) is 29.5 Å². The monoisotopic (exact) mass is 499 g/mol. The van der Waals surface area contributed by atoms with Crippen LogP contribution in [0.2, 0.25) is 0 Å². The minimum atomic E-state index is -0.804. The van der Waals surface area contributed by atoms with Gasteiger partial charge in [0.2, 0.25) is 5.95 Å². The summed E-state index contributed by atoms with van der Waals surface area (Å²) in [6.07, 6.45) is 8.77. The number of hydrogen-bond donors (Lipinski definition) is 1. The Balaban J connectivity index is 1.53. The van der Waals surface area contributed by atoms with Crippen molar-refractivity contribution in [2.45, 2.75) is 44.8 Å². The Bertz CT molecular complexity index is 1360. The van der Waals surface area contributed by atoms with E-state index in [1.807, 2.05) is 6.92 Å². The number of primary amides is 1. The summed E-state index contributed by atoms with van der Waals surface area (Å²) in [5, 5.41) is 11.2. The van der Waals surface area contributed by atoms with Gasteiger partial charge in [-0.1, -0.05) is 0 Å². The lowest BCUT2D eigenvalue weighted by molar-refractivity contribution is 0.0260. The number of hydrogen-bond acceptors (Lipinski definition) is 7. The molecule has 4 aromatic heterocycles. The van der Waals surface area contributed by atoms with E-state index >= 15 is 0 Å². The second-order valence-electron chi connectivity index (χ2n) is 8.27. The number of nitrogens with zero attached hydrogens (tertiary/aromatic N) is 6. The fourth-order valence-electron chi connectivity index (χ4n) is 4.29. The minimum Gasteiger partial charge on any atom is -0.379 e. The number of carbonyl (C=O) groups is 1. The molecule has 12 heteroatoms. The number of halogens is 2. The highest BCUT2D eigenvalue weighted by Gasteiger charge is 2.27. The summed E-state index contributed by atoms with van der Waals surface area (Å²) < 4.78 is 37.7. The number of rotatable bonds is 7. The Morgan fingerprint density at radius 3 is 2.69 bits per heavy atom. The number of carbonyl (C=O) groups excluding carboxylic acids is 1. The predicted octanol–water partition coefficient (Wildman–Crippen LogP) is 4.15. The molecule has 0 unspecified atom stereocenters. The largest absolute Gasteiger partial charge is 0.379 e. The van der Waals surface area contributed by atoms with Crippen molar-refractivity contribution in [2.24, 2.45) is 5.73 Å². The zero-order valence-corrected chi connectivity index (χ0v) is 19.7. The third-order valence-electron chi connectivity index (χ3n) is 6.00. The van der Waals surface area contributed by atoms with Crippen molar-refractivity contribution in [2.75, 3.05) is 6.61 Å². The van der Waals surface area contributed by atoms with Gasteiger partial charge in [-0.05, 0) is 44.7 Å². The summed E-state index contributed by atoms with van der Waals surface area (Å²) in [7, 11) is 0. The number of ether oxygens (including phenoxy) is 1. The van der Waals surface area contributed by atoms with Gasteiger partial charge < -0.3 is 10.5 Å². The van der Waals surface area contributed by atoms with E-state index in [0.29, 0.717) is 22.9 Å². The zero-order valence-electron chi connectivity index (χ0n) is 18.9. The van der Waals surface area contributed by atoms with Gasteiger partial charge in [0.25, 0.3) is 5.91 Å². The quantitative estimate of drug-likeness (QED) is 0.382. The molecule has 4 heterocycles. The highest BCUT2D eigenvalue weighted by Crippen LogP contribution is 2.34. The molecule has 0 radical (unpaired) electrons. The Morgan fingerprint density at radius 2 is 1.97 bits per heavy atom. The van der Waals surface area contributed by atoms with Crippen molar-refractivity contribution in [3.63, 3.8) is 0 Å². The second kappa shape index (κ2) is 9.62. The average molecular weight is 500 g/mol. The van der Waals surface area contributed by atoms with Crippen LogP contribution in [0, 0.1) is 11.8 Å². The third kappa shape index (κ3) is 4.71. The van der Waals surface area contributed by atoms with Crippen LogP contribution >= 0.6 is 11.3 Å². The summed E-state index contributed by atoms with van der Waals surface area (Å²) in [4.78, 5) is 19.4. The molecule has 0 spiro atoms. The smallest absolute Gasteiger partial charge is 0.268 e. The molecule has 2 N–H and O–H groups in total. The first kappa shape index (κ1) is 23.2. The van der Waals surface area contributed by atoms with Crippen molar-refractivity contribution >= 4 is 17.2 Å². The molecule has 1 amide bonds. The van der Waals surface area contributed by atoms with Crippen LogP contribution in [0.25, 0.3) is 27.6 Å². The molecule has 1 aliphatic rings. The standard InChI is InChI=1S/C23H23F2N7O2S/c1-2-34-15-5-3-14(4-6-15)31-11-18(21(30-31)20-16(24)7-8-19(25)29-20)32-10-13(9-27-32)23-28-17(12-35-23)22(26)33/h7-12,14-15H,2-6H2,1H3,(H2,26,33). The first-order valence-electron chi connectivity index (χ1n) is 11.3. The molecular weight excluding hydrogens is 476 g/mol. The Kier molecular flexibility index (Phi) is 6.39. The van der Waals surface area contributed by atoms with Gasteiger partial charge in [0.05, 0.1) is 24.5 Å². The summed E-state index contributed by atoms with van der Waals surface area (Å²) in [5.74, 6) is -2.10. The number of amides is 1. The maximum atomic E-state index is 14.7. The lowest BCUT2D eigenvalue weighted by atomic mass is 9.93. The first-order chi connectivity index (χ1) is 16.9. The van der Waals surface area contributed by atoms with Crippen LogP contribution in [0.5, 0.6) is 0 Å². The fraction of sp³-hybridized carbons (Fsp3) is 0.348. The molecule has 0 bridgehead atoms. The van der Waals surface area contributed by atoms with Crippen LogP contribution < -0.4 is 5.73 Å². The summed E-state index contributed by atoms with van der Waals surface area (Å²) in [6, 6.07) is 2.08. The lowest BCUT2D eigenvalue weighted by Gasteiger charge is -2.28. The third-order valence-corrected chi connectivity index (χ3v) is 6.89. The molecule has 0 atom stereocenters. The van der Waals surface area contributed by atoms with E-state index in [4.69, 9.17) is 10.5 Å². The van der Waals surface area contributed by atoms with Gasteiger partial charge in [-0.2, -0.15) is 14.6 Å². The summed E-state index contributed by atoms with van der Waals surface area (Å²) in [6.45, 7) is 2.66. The van der Waals surface area contributed by atoms with Crippen molar-refractivity contribution in [3.8, 4) is 27.6 Å². The topological polar surface area (TPSA) is 114 Å². The number of nitrogens with two attached hydrogens (primary N) is 1. The minimum absolute atomic E-state index is 0.0861. The number of aromatic nitrogens is 6. The van der Waals surface area contributed by atoms with Crippen LogP contribution in [0.1, 0.15) is 49.1 Å². The fourth-order valence-corrected chi connectivity index (χ4v) is 5.07. The molecule has 0 aliphatic heterocycles. The molecule has 182 valence electrons. The van der Waals surface area contributed by atoms with E-state index in [9.17, 15) is 13.6 Å². The maximum Gasteiger partial charge on any atom is 0.268 e. The van der Waals surface area contributed by atoms with Gasteiger partial charge in [0, 0.05) is 23.7 Å². The Labute approximate surface area is 203 Å². The van der Waals surface area contributed by atoms with Crippen LogP contribution in [-0.4, -0.2) is 48.1 Å². The van der Waals surface area contributed by atoms with E-state index in [0.717, 1.165) is 37.8 Å². The van der Waals surface area contributed by atoms with Gasteiger partial charge >= 0.3 is 0 Å². The van der Waals surface area contributed by atoms with Crippen LogP contribution in [-0.2, 0) is 4.74 Å². The van der Waals surface area contributed by atoms with E-state index in [1.165, 1.54) is 16.0 Å². The van der Waals surface area contributed by atoms with Crippen LogP contribution in [0.15, 0.2) is 36.1 Å². The molecule has 1 saturated carbocycles. The lowest BCUT2D eigenvalue weighted by Crippen LogP contribution is -2.24. The highest BCUT2D eigenvalue weighted by atomic mass is 32.1. The molecule has 0 aromatic carbocycles. The van der Waals surface area contributed by atoms with Gasteiger partial charge in [0.15, 0.2) is 5.82 Å². The molecule has 9 nitrogen and oxygen atoms in total. The van der Waals surface area contributed by atoms with Crippen molar-refractivity contribution in [3.05, 3.63) is 53.6 Å². The van der Waals surface area contributed by atoms with Gasteiger partial charge in [-0.3, -0.25) is 9.48 Å². The van der Waals surface area contributed by atoms with E-state index in [1.54, 1.807) is 28.7 Å². The molecule has 1 aliphatic carbocycles. The average Bonchev–Trinajstić information content (AvgIpc) is 3.60. The molecule has 4 aromatic rings. The highest BCUT2D eigenvalue weighted by molar-refractivity contribution is 7.13. The van der Waals surface area contributed by atoms with Gasteiger partial charge in [-0.25, -0.2) is 19.0 Å². The zero-order chi connectivity index (χ0) is 24.5.